The van der Waals surface area contributed by atoms with E-state index in [0.717, 1.165) is 11.1 Å². The summed E-state index contributed by atoms with van der Waals surface area (Å²) in [6, 6.07) is 12.4. The van der Waals surface area contributed by atoms with Gasteiger partial charge in [0.15, 0.2) is 5.11 Å². The van der Waals surface area contributed by atoms with Crippen LogP contribution in [0.3, 0.4) is 0 Å². The Bertz CT molecular complexity index is 1020. The lowest BCUT2D eigenvalue weighted by Crippen LogP contribution is -2.28. The van der Waals surface area contributed by atoms with Gasteiger partial charge in [0.25, 0.3) is 0 Å². The van der Waals surface area contributed by atoms with Crippen molar-refractivity contribution in [3.05, 3.63) is 64.5 Å². The fraction of sp³-hybridized carbons (Fsp3) is 0.200. The Morgan fingerprint density at radius 1 is 1.24 bits per heavy atom. The van der Waals surface area contributed by atoms with Gasteiger partial charge in [-0.05, 0) is 68.0 Å². The zero-order valence-corrected chi connectivity index (χ0v) is 17.4. The predicted octanol–water partition coefficient (Wildman–Crippen LogP) is 4.36. The van der Waals surface area contributed by atoms with E-state index in [1.54, 1.807) is 31.2 Å². The number of ether oxygens (including phenoxy) is 1. The van der Waals surface area contributed by atoms with Crippen LogP contribution in [0.2, 0.25) is 5.02 Å². The second kappa shape index (κ2) is 9.49. The summed E-state index contributed by atoms with van der Waals surface area (Å²) in [5.74, 6) is 0.474. The molecule has 7 nitrogen and oxygen atoms in total. The molecule has 0 radical (unpaired) electrons. The van der Waals surface area contributed by atoms with Crippen molar-refractivity contribution in [3.63, 3.8) is 0 Å². The molecule has 2 aromatic carbocycles. The lowest BCUT2D eigenvalue weighted by Gasteiger charge is -2.12. The number of aromatic nitrogens is 2. The molecular weight excluding hydrogens is 412 g/mol. The van der Waals surface area contributed by atoms with Crippen LogP contribution in [0.5, 0.6) is 0 Å². The number of aryl methyl sites for hydroxylation is 1. The number of carbonyl (C=O) groups is 1. The van der Waals surface area contributed by atoms with Crippen molar-refractivity contribution in [1.29, 1.82) is 0 Å². The third-order valence-electron chi connectivity index (χ3n) is 3.97. The molecule has 0 aliphatic rings. The number of hydrogen-bond acceptors (Lipinski definition) is 6. The summed E-state index contributed by atoms with van der Waals surface area (Å²) in [7, 11) is 0. The van der Waals surface area contributed by atoms with Gasteiger partial charge in [0.05, 0.1) is 18.7 Å². The smallest absolute Gasteiger partial charge is 0.338 e. The van der Waals surface area contributed by atoms with Gasteiger partial charge in [-0.1, -0.05) is 22.8 Å². The molecule has 29 heavy (non-hydrogen) atoms. The summed E-state index contributed by atoms with van der Waals surface area (Å²) in [5.41, 5.74) is 2.90. The van der Waals surface area contributed by atoms with Gasteiger partial charge in [0.2, 0.25) is 11.7 Å². The second-order valence-corrected chi connectivity index (χ2v) is 6.92. The second-order valence-electron chi connectivity index (χ2n) is 6.08. The maximum Gasteiger partial charge on any atom is 0.338 e. The van der Waals surface area contributed by atoms with E-state index in [9.17, 15) is 4.79 Å². The summed E-state index contributed by atoms with van der Waals surface area (Å²) in [4.78, 5) is 16.2. The number of nitrogens with one attached hydrogen (secondary N) is 2. The van der Waals surface area contributed by atoms with Crippen LogP contribution < -0.4 is 10.6 Å². The Balaban J connectivity index is 1.60. The summed E-state index contributed by atoms with van der Waals surface area (Å²) in [6.07, 6.45) is 0. The standard InChI is InChI=1S/C20H19ClN4O3S/c1-3-27-19(26)14-5-4-12(2)16(10-14)23-20(29)22-11-17-24-18(25-28-17)13-6-8-15(21)9-7-13/h4-10H,3,11H2,1-2H3,(H2,22,23,29). The normalized spacial score (nSPS) is 10.4. The number of carbonyl (C=O) groups excluding carboxylic acids is 1. The maximum absolute atomic E-state index is 11.9. The van der Waals surface area contributed by atoms with Crippen LogP contribution in [0.25, 0.3) is 11.4 Å². The summed E-state index contributed by atoms with van der Waals surface area (Å²) in [5, 5.41) is 11.0. The molecule has 9 heteroatoms. The average molecular weight is 431 g/mol. The Morgan fingerprint density at radius 3 is 2.72 bits per heavy atom. The molecule has 0 aliphatic heterocycles. The molecule has 0 bridgehead atoms. The molecule has 1 aromatic heterocycles. The van der Waals surface area contributed by atoms with Gasteiger partial charge < -0.3 is 19.9 Å². The van der Waals surface area contributed by atoms with Crippen molar-refractivity contribution in [1.82, 2.24) is 15.5 Å². The maximum atomic E-state index is 11.9. The van der Waals surface area contributed by atoms with Crippen molar-refractivity contribution in [2.75, 3.05) is 11.9 Å². The molecule has 0 saturated heterocycles. The molecule has 3 rings (SSSR count). The van der Waals surface area contributed by atoms with Crippen molar-refractivity contribution < 1.29 is 14.1 Å². The van der Waals surface area contributed by atoms with Gasteiger partial charge in [-0.2, -0.15) is 4.98 Å². The molecule has 2 N–H and O–H groups in total. The van der Waals surface area contributed by atoms with Crippen LogP contribution in [0, 0.1) is 6.92 Å². The number of nitrogens with zero attached hydrogens (tertiary/aromatic N) is 2. The first kappa shape index (κ1) is 20.8. The highest BCUT2D eigenvalue weighted by Crippen LogP contribution is 2.19. The van der Waals surface area contributed by atoms with Gasteiger partial charge in [-0.25, -0.2) is 4.79 Å². The van der Waals surface area contributed by atoms with Crippen LogP contribution in [-0.2, 0) is 11.3 Å². The molecule has 0 spiro atoms. The third-order valence-corrected chi connectivity index (χ3v) is 4.47. The monoisotopic (exact) mass is 430 g/mol. The number of thiocarbonyl (C=S) groups is 1. The topological polar surface area (TPSA) is 89.3 Å². The van der Waals surface area contributed by atoms with E-state index in [1.165, 1.54) is 0 Å². The summed E-state index contributed by atoms with van der Waals surface area (Å²) in [6.45, 7) is 4.25. The molecule has 0 saturated carbocycles. The highest BCUT2D eigenvalue weighted by Gasteiger charge is 2.11. The molecule has 0 amide bonds. The van der Waals surface area contributed by atoms with E-state index >= 15 is 0 Å². The minimum absolute atomic E-state index is 0.253. The minimum atomic E-state index is -0.380. The van der Waals surface area contributed by atoms with E-state index in [4.69, 9.17) is 33.1 Å². The first-order chi connectivity index (χ1) is 14.0. The first-order valence-corrected chi connectivity index (χ1v) is 9.66. The van der Waals surface area contributed by atoms with Crippen molar-refractivity contribution in [2.45, 2.75) is 20.4 Å². The molecule has 0 fully saturated rings. The SMILES string of the molecule is CCOC(=O)c1ccc(C)c(NC(=S)NCc2nc(-c3ccc(Cl)cc3)no2)c1. The molecule has 3 aromatic rings. The van der Waals surface area contributed by atoms with E-state index in [0.29, 0.717) is 39.7 Å². The Labute approximate surface area is 178 Å². The van der Waals surface area contributed by atoms with E-state index < -0.39 is 0 Å². The number of esters is 1. The highest BCUT2D eigenvalue weighted by molar-refractivity contribution is 7.80. The molecule has 0 atom stereocenters. The number of rotatable bonds is 6. The fourth-order valence-electron chi connectivity index (χ4n) is 2.46. The number of anilines is 1. The Hall–Kier alpha value is -2.97. The fourth-order valence-corrected chi connectivity index (χ4v) is 2.77. The molecular formula is C20H19ClN4O3S. The Kier molecular flexibility index (Phi) is 6.79. The zero-order valence-electron chi connectivity index (χ0n) is 15.9. The molecule has 1 heterocycles. The van der Waals surface area contributed by atoms with Crippen molar-refractivity contribution >= 4 is 40.6 Å². The van der Waals surface area contributed by atoms with Gasteiger partial charge in [0.1, 0.15) is 0 Å². The third kappa shape index (κ3) is 5.52. The van der Waals surface area contributed by atoms with Gasteiger partial charge >= 0.3 is 5.97 Å². The lowest BCUT2D eigenvalue weighted by molar-refractivity contribution is 0.0526. The number of halogens is 1. The lowest BCUT2D eigenvalue weighted by atomic mass is 10.1. The molecule has 0 aliphatic carbocycles. The minimum Gasteiger partial charge on any atom is -0.462 e. The van der Waals surface area contributed by atoms with Crippen molar-refractivity contribution in [3.8, 4) is 11.4 Å². The van der Waals surface area contributed by atoms with Gasteiger partial charge in [-0.3, -0.25) is 0 Å². The van der Waals surface area contributed by atoms with Crippen molar-refractivity contribution in [2.24, 2.45) is 0 Å². The average Bonchev–Trinajstić information content (AvgIpc) is 3.18. The zero-order chi connectivity index (χ0) is 20.8. The summed E-state index contributed by atoms with van der Waals surface area (Å²) >= 11 is 11.2. The highest BCUT2D eigenvalue weighted by atomic mass is 35.5. The quantitative estimate of drug-likeness (QED) is 0.440. The van der Waals surface area contributed by atoms with Crippen LogP contribution in [0.1, 0.15) is 28.7 Å². The van der Waals surface area contributed by atoms with Gasteiger partial charge in [0, 0.05) is 16.3 Å². The largest absolute Gasteiger partial charge is 0.462 e. The van der Waals surface area contributed by atoms with E-state index in [-0.39, 0.29) is 12.5 Å². The predicted molar refractivity (Wildman–Crippen MR) is 115 cm³/mol. The number of hydrogen-bond donors (Lipinski definition) is 2. The first-order valence-electron chi connectivity index (χ1n) is 8.87. The van der Waals surface area contributed by atoms with Crippen LogP contribution in [-0.4, -0.2) is 27.8 Å². The molecule has 0 unspecified atom stereocenters. The van der Waals surface area contributed by atoms with Crippen LogP contribution in [0.15, 0.2) is 47.0 Å². The van der Waals surface area contributed by atoms with Crippen LogP contribution >= 0.6 is 23.8 Å². The number of benzene rings is 2. The van der Waals surface area contributed by atoms with E-state index in [1.807, 2.05) is 25.1 Å². The molecule has 150 valence electrons. The summed E-state index contributed by atoms with van der Waals surface area (Å²) < 4.78 is 10.3. The van der Waals surface area contributed by atoms with E-state index in [2.05, 4.69) is 20.8 Å². The Morgan fingerprint density at radius 2 is 2.00 bits per heavy atom. The van der Waals surface area contributed by atoms with Gasteiger partial charge in [-0.15, -0.1) is 0 Å². The van der Waals surface area contributed by atoms with Crippen LogP contribution in [0.4, 0.5) is 5.69 Å².